The average Bonchev–Trinajstić information content (AvgIpc) is 2.75. The van der Waals surface area contributed by atoms with Gasteiger partial charge in [-0.25, -0.2) is 4.79 Å². The number of pyridine rings is 1. The van der Waals surface area contributed by atoms with Crippen molar-refractivity contribution in [1.29, 1.82) is 0 Å². The molecule has 1 aromatic carbocycles. The molecule has 100 valence electrons. The molecule has 20 heavy (non-hydrogen) atoms. The van der Waals surface area contributed by atoms with Crippen molar-refractivity contribution in [2.75, 3.05) is 0 Å². The lowest BCUT2D eigenvalue weighted by Crippen LogP contribution is -1.96. The van der Waals surface area contributed by atoms with Crippen LogP contribution in [0, 0.1) is 6.92 Å². The number of fused-ring (bicyclic) bond motifs is 1. The van der Waals surface area contributed by atoms with Gasteiger partial charge in [-0.3, -0.25) is 4.98 Å². The van der Waals surface area contributed by atoms with E-state index in [9.17, 15) is 9.90 Å². The molecule has 0 aliphatic heterocycles. The molecule has 5 heteroatoms. The highest BCUT2D eigenvalue weighted by molar-refractivity contribution is 6.03. The number of hydrogen-bond donors (Lipinski definition) is 1. The first kappa shape index (κ1) is 12.2. The fraction of sp³-hybridized carbons (Fsp3) is 0.0667. The van der Waals surface area contributed by atoms with Crippen molar-refractivity contribution in [2.24, 2.45) is 0 Å². The van der Waals surface area contributed by atoms with Gasteiger partial charge in [0.1, 0.15) is 28.4 Å². The molecule has 0 aliphatic carbocycles. The molecule has 0 amide bonds. The molecule has 0 radical (unpaired) electrons. The van der Waals surface area contributed by atoms with Gasteiger partial charge in [0.25, 0.3) is 0 Å². The molecule has 0 atom stereocenters. The third-order valence-electron chi connectivity index (χ3n) is 2.92. The van der Waals surface area contributed by atoms with E-state index in [0.29, 0.717) is 28.2 Å². The average molecular weight is 269 g/mol. The number of ether oxygens (including phenoxy) is 1. The number of carboxylic acids is 1. The van der Waals surface area contributed by atoms with E-state index in [1.807, 2.05) is 0 Å². The quantitative estimate of drug-likeness (QED) is 0.786. The smallest absolute Gasteiger partial charge is 0.339 e. The highest BCUT2D eigenvalue weighted by Crippen LogP contribution is 2.30. The molecular weight excluding hydrogens is 258 g/mol. The Hall–Kier alpha value is -2.82. The fourth-order valence-corrected chi connectivity index (χ4v) is 2.07. The molecule has 2 heterocycles. The van der Waals surface area contributed by atoms with Crippen LogP contribution in [-0.4, -0.2) is 16.1 Å². The van der Waals surface area contributed by atoms with Gasteiger partial charge in [0.2, 0.25) is 0 Å². The van der Waals surface area contributed by atoms with Gasteiger partial charge in [0.15, 0.2) is 0 Å². The number of nitrogens with zero attached hydrogens (tertiary/aromatic N) is 1. The number of rotatable bonds is 3. The third kappa shape index (κ3) is 2.09. The van der Waals surface area contributed by atoms with Crippen LogP contribution < -0.4 is 4.74 Å². The molecule has 5 nitrogen and oxygen atoms in total. The van der Waals surface area contributed by atoms with Crippen LogP contribution in [0.5, 0.6) is 11.5 Å². The Kier molecular flexibility index (Phi) is 2.87. The molecule has 3 rings (SSSR count). The number of hydrogen-bond acceptors (Lipinski definition) is 4. The van der Waals surface area contributed by atoms with Crippen molar-refractivity contribution >= 4 is 16.9 Å². The summed E-state index contributed by atoms with van der Waals surface area (Å²) in [6.07, 6.45) is 3.24. The van der Waals surface area contributed by atoms with Crippen LogP contribution in [0.15, 0.2) is 47.1 Å². The Balaban J connectivity index is 2.06. The molecular formula is C15H11NO4. The molecule has 0 fully saturated rings. The number of carboxylic acid groups (broad SMARTS) is 1. The number of carbonyl (C=O) groups is 1. The van der Waals surface area contributed by atoms with Gasteiger partial charge >= 0.3 is 5.97 Å². The van der Waals surface area contributed by atoms with E-state index in [2.05, 4.69) is 4.98 Å². The Morgan fingerprint density at radius 1 is 1.30 bits per heavy atom. The van der Waals surface area contributed by atoms with Crippen molar-refractivity contribution in [3.05, 3.63) is 54.0 Å². The number of aromatic nitrogens is 1. The second-order valence-corrected chi connectivity index (χ2v) is 4.29. The molecule has 0 saturated heterocycles. The van der Waals surface area contributed by atoms with Crippen LogP contribution in [0.25, 0.3) is 11.0 Å². The Bertz CT molecular complexity index is 777. The molecule has 0 bridgehead atoms. The second kappa shape index (κ2) is 4.70. The summed E-state index contributed by atoms with van der Waals surface area (Å²) in [5.74, 6) is 0.489. The standard InChI is InChI=1S/C15H11NO4/c1-9-14(15(17)18)12-7-10(4-5-13(12)19-9)20-11-3-2-6-16-8-11/h2-8H,1H3,(H,17,18). The molecule has 1 N–H and O–H groups in total. The van der Waals surface area contributed by atoms with E-state index in [4.69, 9.17) is 9.15 Å². The lowest BCUT2D eigenvalue weighted by molar-refractivity contribution is 0.0697. The summed E-state index contributed by atoms with van der Waals surface area (Å²) < 4.78 is 11.1. The fourth-order valence-electron chi connectivity index (χ4n) is 2.07. The van der Waals surface area contributed by atoms with E-state index in [0.717, 1.165) is 0 Å². The first-order chi connectivity index (χ1) is 9.65. The monoisotopic (exact) mass is 269 g/mol. The summed E-state index contributed by atoms with van der Waals surface area (Å²) in [6.45, 7) is 1.63. The summed E-state index contributed by atoms with van der Waals surface area (Å²) >= 11 is 0. The van der Waals surface area contributed by atoms with Crippen molar-refractivity contribution < 1.29 is 19.1 Å². The maximum Gasteiger partial charge on any atom is 0.339 e. The molecule has 0 saturated carbocycles. The highest BCUT2D eigenvalue weighted by Gasteiger charge is 2.17. The molecule has 3 aromatic rings. The summed E-state index contributed by atoms with van der Waals surface area (Å²) in [4.78, 5) is 15.2. The minimum absolute atomic E-state index is 0.164. The van der Waals surface area contributed by atoms with Crippen LogP contribution >= 0.6 is 0 Å². The zero-order valence-electron chi connectivity index (χ0n) is 10.7. The van der Waals surface area contributed by atoms with Crippen LogP contribution in [0.3, 0.4) is 0 Å². The van der Waals surface area contributed by atoms with Gasteiger partial charge in [0.05, 0.1) is 6.20 Å². The number of furan rings is 1. The molecule has 0 aliphatic rings. The molecule has 0 unspecified atom stereocenters. The van der Waals surface area contributed by atoms with Crippen LogP contribution in [-0.2, 0) is 0 Å². The summed E-state index contributed by atoms with van der Waals surface area (Å²) in [6, 6.07) is 8.61. The first-order valence-corrected chi connectivity index (χ1v) is 5.99. The summed E-state index contributed by atoms with van der Waals surface area (Å²) in [7, 11) is 0. The topological polar surface area (TPSA) is 72.6 Å². The van der Waals surface area contributed by atoms with Crippen LogP contribution in [0.2, 0.25) is 0 Å². The third-order valence-corrected chi connectivity index (χ3v) is 2.92. The van der Waals surface area contributed by atoms with Gasteiger partial charge in [0, 0.05) is 11.6 Å². The van der Waals surface area contributed by atoms with Crippen molar-refractivity contribution in [3.63, 3.8) is 0 Å². The van der Waals surface area contributed by atoms with Crippen molar-refractivity contribution in [2.45, 2.75) is 6.92 Å². The van der Waals surface area contributed by atoms with Crippen molar-refractivity contribution in [1.82, 2.24) is 4.98 Å². The maximum absolute atomic E-state index is 11.3. The van der Waals surface area contributed by atoms with Crippen LogP contribution in [0.4, 0.5) is 0 Å². The predicted octanol–water partition coefficient (Wildman–Crippen LogP) is 3.63. The maximum atomic E-state index is 11.3. The Labute approximate surface area is 114 Å². The minimum Gasteiger partial charge on any atom is -0.478 e. The summed E-state index contributed by atoms with van der Waals surface area (Å²) in [5, 5.41) is 9.75. The largest absolute Gasteiger partial charge is 0.478 e. The Morgan fingerprint density at radius 3 is 2.85 bits per heavy atom. The molecule has 2 aromatic heterocycles. The van der Waals surface area contributed by atoms with Gasteiger partial charge in [-0.2, -0.15) is 0 Å². The van der Waals surface area contributed by atoms with Crippen LogP contribution in [0.1, 0.15) is 16.1 Å². The zero-order chi connectivity index (χ0) is 14.1. The SMILES string of the molecule is Cc1oc2ccc(Oc3cccnc3)cc2c1C(=O)O. The Morgan fingerprint density at radius 2 is 2.15 bits per heavy atom. The molecule has 0 spiro atoms. The van der Waals surface area contributed by atoms with E-state index in [1.54, 1.807) is 49.6 Å². The van der Waals surface area contributed by atoms with E-state index in [1.165, 1.54) is 0 Å². The zero-order valence-corrected chi connectivity index (χ0v) is 10.7. The van der Waals surface area contributed by atoms with E-state index in [-0.39, 0.29) is 5.56 Å². The second-order valence-electron chi connectivity index (χ2n) is 4.29. The first-order valence-electron chi connectivity index (χ1n) is 5.99. The van der Waals surface area contributed by atoms with Gasteiger partial charge in [-0.15, -0.1) is 0 Å². The highest BCUT2D eigenvalue weighted by atomic mass is 16.5. The van der Waals surface area contributed by atoms with Gasteiger partial charge in [-0.05, 0) is 37.3 Å². The normalized spacial score (nSPS) is 10.7. The summed E-state index contributed by atoms with van der Waals surface area (Å²) in [5.41, 5.74) is 0.690. The lowest BCUT2D eigenvalue weighted by atomic mass is 10.1. The van der Waals surface area contributed by atoms with E-state index >= 15 is 0 Å². The number of aryl methyl sites for hydroxylation is 1. The van der Waals surface area contributed by atoms with Crippen molar-refractivity contribution in [3.8, 4) is 11.5 Å². The predicted molar refractivity (Wildman–Crippen MR) is 72.2 cm³/mol. The minimum atomic E-state index is -1.01. The van der Waals surface area contributed by atoms with Gasteiger partial charge in [-0.1, -0.05) is 0 Å². The lowest BCUT2D eigenvalue weighted by Gasteiger charge is -2.04. The van der Waals surface area contributed by atoms with E-state index < -0.39 is 5.97 Å². The number of aromatic carboxylic acids is 1. The number of benzene rings is 1. The van der Waals surface area contributed by atoms with Gasteiger partial charge < -0.3 is 14.3 Å².